The Labute approximate surface area is 131 Å². The molecular formula is C14H20F2LiNO2. The predicted octanol–water partition coefficient (Wildman–Crippen LogP) is 0.967. The molecule has 0 spiro atoms. The molecule has 3 nitrogen and oxygen atoms in total. The van der Waals surface area contributed by atoms with E-state index in [2.05, 4.69) is 37.7 Å². The number of nitrogens with zero attached hydrogens (tertiary/aromatic N) is 1. The summed E-state index contributed by atoms with van der Waals surface area (Å²) in [6.45, 7) is 8.39. The van der Waals surface area contributed by atoms with Crippen molar-refractivity contribution in [3.05, 3.63) is 34.6 Å². The van der Waals surface area contributed by atoms with Crippen molar-refractivity contribution in [1.29, 1.82) is 0 Å². The summed E-state index contributed by atoms with van der Waals surface area (Å²) in [6.07, 6.45) is 0.303. The van der Waals surface area contributed by atoms with Gasteiger partial charge in [0.05, 0.1) is 12.7 Å². The van der Waals surface area contributed by atoms with E-state index in [4.69, 9.17) is 0 Å². The summed E-state index contributed by atoms with van der Waals surface area (Å²) >= 11 is 0. The molecule has 108 valence electrons. The van der Waals surface area contributed by atoms with E-state index in [0.29, 0.717) is 18.4 Å². The molecule has 20 heavy (non-hydrogen) atoms. The molecule has 0 heterocycles. The van der Waals surface area contributed by atoms with Crippen LogP contribution < -0.4 is 23.6 Å². The van der Waals surface area contributed by atoms with Crippen molar-refractivity contribution in [3.63, 3.8) is 0 Å². The molecule has 1 aromatic carbocycles. The molecule has 0 amide bonds. The molecule has 0 saturated heterocycles. The van der Waals surface area contributed by atoms with Crippen molar-refractivity contribution in [2.45, 2.75) is 39.8 Å². The summed E-state index contributed by atoms with van der Waals surface area (Å²) in [4.78, 5) is 10.2. The van der Waals surface area contributed by atoms with Crippen LogP contribution >= 0.6 is 0 Å². The van der Waals surface area contributed by atoms with Crippen LogP contribution in [-0.2, 0) is 0 Å². The Hall–Kier alpha value is -0.893. The van der Waals surface area contributed by atoms with Crippen LogP contribution in [-0.4, -0.2) is 25.5 Å². The van der Waals surface area contributed by atoms with Crippen LogP contribution in [0.1, 0.15) is 38.1 Å². The van der Waals surface area contributed by atoms with Crippen LogP contribution in [0.25, 0.3) is 5.32 Å². The molecule has 0 aromatic heterocycles. The number of carbonyl (C=O) groups is 1. The number of rotatable bonds is 4. The SMILES string of the molecule is CC(C)[N-]C(C)C.COc1c(F)ccc(C=O)c1F.[Li+]. The van der Waals surface area contributed by atoms with Gasteiger partial charge in [0.15, 0.2) is 23.7 Å². The molecule has 0 aliphatic heterocycles. The third-order valence-corrected chi connectivity index (χ3v) is 2.01. The van der Waals surface area contributed by atoms with E-state index in [9.17, 15) is 13.6 Å². The summed E-state index contributed by atoms with van der Waals surface area (Å²) in [5.74, 6) is -2.31. The Balaban J connectivity index is 0. The minimum absolute atomic E-state index is 0. The number of hydrogen-bond donors (Lipinski definition) is 0. The molecule has 0 saturated carbocycles. The molecule has 0 aliphatic rings. The average Bonchev–Trinajstić information content (AvgIpc) is 2.29. The third-order valence-electron chi connectivity index (χ3n) is 2.01. The number of carbonyl (C=O) groups excluding carboxylic acids is 1. The summed E-state index contributed by atoms with van der Waals surface area (Å²) in [7, 11) is 1.13. The van der Waals surface area contributed by atoms with Crippen molar-refractivity contribution in [1.82, 2.24) is 0 Å². The standard InChI is InChI=1S/C8H6F2O2.C6H14N.Li/c1-12-8-6(9)3-2-5(4-11)7(8)10;1-5(2)7-6(3)4;/h2-4H,1H3;5-6H,1-4H3;/q;-1;+1. The van der Waals surface area contributed by atoms with Crippen LogP contribution in [0.3, 0.4) is 0 Å². The van der Waals surface area contributed by atoms with E-state index in [1.165, 1.54) is 0 Å². The van der Waals surface area contributed by atoms with Gasteiger partial charge in [-0.3, -0.25) is 4.79 Å². The van der Waals surface area contributed by atoms with E-state index in [1.807, 2.05) is 0 Å². The number of aldehydes is 1. The first-order chi connectivity index (χ1) is 8.83. The molecular weight excluding hydrogens is 259 g/mol. The van der Waals surface area contributed by atoms with Gasteiger partial charge >= 0.3 is 18.9 Å². The maximum Gasteiger partial charge on any atom is 1.00 e. The van der Waals surface area contributed by atoms with Crippen LogP contribution in [0.15, 0.2) is 12.1 Å². The first-order valence-electron chi connectivity index (χ1n) is 6.00. The number of hydrogen-bond acceptors (Lipinski definition) is 2. The van der Waals surface area contributed by atoms with Gasteiger partial charge < -0.3 is 10.1 Å². The minimum atomic E-state index is -0.965. The second-order valence-corrected chi connectivity index (χ2v) is 4.44. The monoisotopic (exact) mass is 279 g/mol. The third kappa shape index (κ3) is 7.64. The average molecular weight is 279 g/mol. The number of methoxy groups -OCH3 is 1. The van der Waals surface area contributed by atoms with E-state index in [0.717, 1.165) is 19.2 Å². The number of halogens is 2. The Morgan fingerprint density at radius 2 is 1.65 bits per heavy atom. The summed E-state index contributed by atoms with van der Waals surface area (Å²) in [5.41, 5.74) is -0.215. The Bertz CT molecular complexity index is 406. The first-order valence-corrected chi connectivity index (χ1v) is 6.00. The molecule has 1 rings (SSSR count). The van der Waals surface area contributed by atoms with Gasteiger partial charge in [-0.05, 0) is 12.1 Å². The number of ether oxygens (including phenoxy) is 1. The van der Waals surface area contributed by atoms with Gasteiger partial charge in [-0.15, -0.1) is 12.1 Å². The van der Waals surface area contributed by atoms with Gasteiger partial charge in [-0.25, -0.2) is 8.78 Å². The second-order valence-electron chi connectivity index (χ2n) is 4.44. The Kier molecular flexibility index (Phi) is 11.6. The maximum atomic E-state index is 12.9. The van der Waals surface area contributed by atoms with Gasteiger partial charge in [0.25, 0.3) is 0 Å². The minimum Gasteiger partial charge on any atom is -0.658 e. The zero-order chi connectivity index (χ0) is 15.0. The fraction of sp³-hybridized carbons (Fsp3) is 0.500. The van der Waals surface area contributed by atoms with Crippen molar-refractivity contribution in [3.8, 4) is 5.75 Å². The normalized spacial score (nSPS) is 9.65. The maximum absolute atomic E-state index is 12.9. The Morgan fingerprint density at radius 3 is 1.95 bits per heavy atom. The van der Waals surface area contributed by atoms with Crippen molar-refractivity contribution >= 4 is 6.29 Å². The molecule has 0 fully saturated rings. The first kappa shape index (κ1) is 21.4. The Morgan fingerprint density at radius 1 is 1.15 bits per heavy atom. The van der Waals surface area contributed by atoms with Gasteiger partial charge in [-0.2, -0.15) is 0 Å². The van der Waals surface area contributed by atoms with Crippen molar-refractivity contribution in [2.75, 3.05) is 7.11 Å². The number of benzene rings is 1. The summed E-state index contributed by atoms with van der Waals surface area (Å²) in [5, 5.41) is 4.28. The van der Waals surface area contributed by atoms with E-state index in [1.54, 1.807) is 0 Å². The zero-order valence-corrected chi connectivity index (χ0v) is 12.9. The van der Waals surface area contributed by atoms with E-state index in [-0.39, 0.29) is 24.4 Å². The van der Waals surface area contributed by atoms with Gasteiger partial charge in [0.2, 0.25) is 0 Å². The molecule has 1 aromatic rings. The van der Waals surface area contributed by atoms with Crippen LogP contribution in [0, 0.1) is 11.6 Å². The molecule has 0 bridgehead atoms. The van der Waals surface area contributed by atoms with Crippen LogP contribution in [0.5, 0.6) is 5.75 Å². The molecule has 0 radical (unpaired) electrons. The molecule has 0 unspecified atom stereocenters. The van der Waals surface area contributed by atoms with E-state index >= 15 is 0 Å². The molecule has 6 heteroatoms. The quantitative estimate of drug-likeness (QED) is 0.608. The topological polar surface area (TPSA) is 40.4 Å². The summed E-state index contributed by atoms with van der Waals surface area (Å²) in [6, 6.07) is 3.03. The zero-order valence-electron chi connectivity index (χ0n) is 12.9. The molecule has 0 atom stereocenters. The van der Waals surface area contributed by atoms with Crippen molar-refractivity contribution < 1.29 is 37.2 Å². The van der Waals surface area contributed by atoms with Gasteiger partial charge in [0.1, 0.15) is 0 Å². The van der Waals surface area contributed by atoms with Crippen LogP contribution in [0.4, 0.5) is 8.78 Å². The second kappa shape index (κ2) is 10.8. The summed E-state index contributed by atoms with van der Waals surface area (Å²) < 4.78 is 30.0. The fourth-order valence-corrected chi connectivity index (χ4v) is 1.42. The van der Waals surface area contributed by atoms with Gasteiger partial charge in [-0.1, -0.05) is 27.7 Å². The predicted molar refractivity (Wildman–Crippen MR) is 71.9 cm³/mol. The molecule has 0 aliphatic carbocycles. The largest absolute Gasteiger partial charge is 1.00 e. The molecule has 0 N–H and O–H groups in total. The van der Waals surface area contributed by atoms with Gasteiger partial charge in [0, 0.05) is 0 Å². The van der Waals surface area contributed by atoms with E-state index < -0.39 is 17.4 Å². The fourth-order valence-electron chi connectivity index (χ4n) is 1.42. The van der Waals surface area contributed by atoms with Crippen molar-refractivity contribution in [2.24, 2.45) is 0 Å². The smallest absolute Gasteiger partial charge is 0.658 e. The van der Waals surface area contributed by atoms with Crippen LogP contribution in [0.2, 0.25) is 0 Å².